The van der Waals surface area contributed by atoms with Crippen LogP contribution in [0.5, 0.6) is 0 Å². The number of carbonyl (C=O) groups is 2. The molecule has 0 bridgehead atoms. The SMILES string of the molecule is Cc1ccc(C)c(NC(=O)[C@@H](OC(=O)c2ccoc2C)c2ccccc2)c1. The minimum atomic E-state index is -1.08. The third-order valence-electron chi connectivity index (χ3n) is 4.30. The van der Waals surface area contributed by atoms with Crippen molar-refractivity contribution in [1.29, 1.82) is 0 Å². The number of aryl methyl sites for hydroxylation is 3. The maximum absolute atomic E-state index is 13.0. The molecular weight excluding hydrogens is 342 g/mol. The largest absolute Gasteiger partial charge is 0.469 e. The lowest BCUT2D eigenvalue weighted by molar-refractivity contribution is -0.125. The molecule has 5 heteroatoms. The molecule has 3 aromatic rings. The molecule has 1 N–H and O–H groups in total. The molecule has 0 aliphatic heterocycles. The van der Waals surface area contributed by atoms with E-state index in [2.05, 4.69) is 5.32 Å². The fourth-order valence-electron chi connectivity index (χ4n) is 2.74. The van der Waals surface area contributed by atoms with Gasteiger partial charge in [-0.05, 0) is 44.0 Å². The Balaban J connectivity index is 1.88. The van der Waals surface area contributed by atoms with Crippen LogP contribution in [0.1, 0.15) is 38.9 Å². The van der Waals surface area contributed by atoms with Gasteiger partial charge in [0.15, 0.2) is 0 Å². The molecule has 27 heavy (non-hydrogen) atoms. The lowest BCUT2D eigenvalue weighted by atomic mass is 10.1. The smallest absolute Gasteiger partial charge is 0.342 e. The summed E-state index contributed by atoms with van der Waals surface area (Å²) in [5, 5.41) is 2.88. The standard InChI is InChI=1S/C22H21NO4/c1-14-9-10-15(2)19(13-14)23-21(24)20(17-7-5-4-6-8-17)27-22(25)18-11-12-26-16(18)3/h4-13,20H,1-3H3,(H,23,24)/t20-/m0/s1. The zero-order valence-electron chi connectivity index (χ0n) is 15.5. The van der Waals surface area contributed by atoms with Gasteiger partial charge in [0.1, 0.15) is 11.3 Å². The van der Waals surface area contributed by atoms with Gasteiger partial charge in [-0.15, -0.1) is 0 Å². The highest BCUT2D eigenvalue weighted by Crippen LogP contribution is 2.24. The number of furan rings is 1. The Morgan fingerprint density at radius 2 is 1.74 bits per heavy atom. The summed E-state index contributed by atoms with van der Waals surface area (Å²) >= 11 is 0. The quantitative estimate of drug-likeness (QED) is 0.665. The highest BCUT2D eigenvalue weighted by molar-refractivity contribution is 5.98. The van der Waals surface area contributed by atoms with Crippen molar-refractivity contribution < 1.29 is 18.7 Å². The number of ether oxygens (including phenoxy) is 1. The summed E-state index contributed by atoms with van der Waals surface area (Å²) in [5.74, 6) is -0.572. The highest BCUT2D eigenvalue weighted by atomic mass is 16.5. The van der Waals surface area contributed by atoms with Gasteiger partial charge in [-0.2, -0.15) is 0 Å². The van der Waals surface area contributed by atoms with E-state index < -0.39 is 18.0 Å². The molecule has 1 atom stereocenters. The molecule has 0 radical (unpaired) electrons. The second kappa shape index (κ2) is 7.91. The van der Waals surface area contributed by atoms with Crippen LogP contribution in [0.3, 0.4) is 0 Å². The predicted molar refractivity (Wildman–Crippen MR) is 103 cm³/mol. The van der Waals surface area contributed by atoms with E-state index in [-0.39, 0.29) is 0 Å². The summed E-state index contributed by atoms with van der Waals surface area (Å²) in [6, 6.07) is 16.3. The van der Waals surface area contributed by atoms with Gasteiger partial charge in [-0.25, -0.2) is 4.79 Å². The zero-order chi connectivity index (χ0) is 19.4. The van der Waals surface area contributed by atoms with Crippen LogP contribution in [-0.2, 0) is 9.53 Å². The maximum atomic E-state index is 13.0. The van der Waals surface area contributed by atoms with E-state index >= 15 is 0 Å². The van der Waals surface area contributed by atoms with E-state index in [4.69, 9.17) is 9.15 Å². The number of carbonyl (C=O) groups excluding carboxylic acids is 2. The molecular formula is C22H21NO4. The maximum Gasteiger partial charge on any atom is 0.342 e. The van der Waals surface area contributed by atoms with Gasteiger partial charge in [0, 0.05) is 11.3 Å². The second-order valence-electron chi connectivity index (χ2n) is 6.39. The summed E-state index contributed by atoms with van der Waals surface area (Å²) in [4.78, 5) is 25.5. The number of nitrogens with one attached hydrogen (secondary N) is 1. The van der Waals surface area contributed by atoms with Gasteiger partial charge in [0.2, 0.25) is 6.10 Å². The van der Waals surface area contributed by atoms with Crippen molar-refractivity contribution in [1.82, 2.24) is 0 Å². The first-order valence-electron chi connectivity index (χ1n) is 8.64. The third-order valence-corrected chi connectivity index (χ3v) is 4.30. The first-order chi connectivity index (χ1) is 13.0. The van der Waals surface area contributed by atoms with Gasteiger partial charge in [0.05, 0.1) is 6.26 Å². The summed E-state index contributed by atoms with van der Waals surface area (Å²) in [6.07, 6.45) is 0.340. The van der Waals surface area contributed by atoms with E-state index in [9.17, 15) is 9.59 Å². The fourth-order valence-corrected chi connectivity index (χ4v) is 2.74. The lowest BCUT2D eigenvalue weighted by Crippen LogP contribution is -2.26. The van der Waals surface area contributed by atoms with E-state index in [1.54, 1.807) is 31.2 Å². The molecule has 0 saturated carbocycles. The number of anilines is 1. The molecule has 0 fully saturated rings. The van der Waals surface area contributed by atoms with Crippen molar-refractivity contribution in [3.05, 3.63) is 88.9 Å². The number of hydrogen-bond acceptors (Lipinski definition) is 4. The number of amides is 1. The molecule has 5 nitrogen and oxygen atoms in total. The second-order valence-corrected chi connectivity index (χ2v) is 6.39. The molecule has 2 aromatic carbocycles. The van der Waals surface area contributed by atoms with Crippen molar-refractivity contribution in [3.63, 3.8) is 0 Å². The van der Waals surface area contributed by atoms with Crippen LogP contribution in [0, 0.1) is 20.8 Å². The molecule has 0 unspecified atom stereocenters. The molecule has 3 rings (SSSR count). The van der Waals surface area contributed by atoms with Gasteiger partial charge in [-0.3, -0.25) is 4.79 Å². The zero-order valence-corrected chi connectivity index (χ0v) is 15.5. The summed E-state index contributed by atoms with van der Waals surface area (Å²) in [7, 11) is 0. The number of rotatable bonds is 5. The van der Waals surface area contributed by atoms with Crippen LogP contribution in [0.4, 0.5) is 5.69 Å². The Kier molecular flexibility index (Phi) is 5.41. The highest BCUT2D eigenvalue weighted by Gasteiger charge is 2.27. The van der Waals surface area contributed by atoms with E-state index in [1.165, 1.54) is 12.3 Å². The molecule has 0 aliphatic carbocycles. The van der Waals surface area contributed by atoms with Crippen molar-refractivity contribution in [3.8, 4) is 0 Å². The molecule has 138 valence electrons. The Morgan fingerprint density at radius 3 is 2.41 bits per heavy atom. The Morgan fingerprint density at radius 1 is 1.00 bits per heavy atom. The Labute approximate surface area is 158 Å². The molecule has 1 aromatic heterocycles. The van der Waals surface area contributed by atoms with Crippen LogP contribution in [-0.4, -0.2) is 11.9 Å². The number of hydrogen-bond donors (Lipinski definition) is 1. The molecule has 0 spiro atoms. The van der Waals surface area contributed by atoms with Crippen LogP contribution < -0.4 is 5.32 Å². The van der Waals surface area contributed by atoms with Crippen LogP contribution in [0.2, 0.25) is 0 Å². The van der Waals surface area contributed by atoms with Gasteiger partial charge in [-0.1, -0.05) is 42.5 Å². The van der Waals surface area contributed by atoms with E-state index in [0.717, 1.165) is 11.1 Å². The van der Waals surface area contributed by atoms with Crippen molar-refractivity contribution in [2.45, 2.75) is 26.9 Å². The number of esters is 1. The summed E-state index contributed by atoms with van der Waals surface area (Å²) in [6.45, 7) is 5.53. The molecule has 1 amide bonds. The average Bonchev–Trinajstić information content (AvgIpc) is 3.09. The number of benzene rings is 2. The minimum Gasteiger partial charge on any atom is -0.469 e. The van der Waals surface area contributed by atoms with Gasteiger partial charge in [0.25, 0.3) is 5.91 Å². The summed E-state index contributed by atoms with van der Waals surface area (Å²) < 4.78 is 10.7. The van der Waals surface area contributed by atoms with Crippen molar-refractivity contribution in [2.24, 2.45) is 0 Å². The van der Waals surface area contributed by atoms with Crippen LogP contribution in [0.15, 0.2) is 65.3 Å². The lowest BCUT2D eigenvalue weighted by Gasteiger charge is -2.19. The van der Waals surface area contributed by atoms with Crippen LogP contribution >= 0.6 is 0 Å². The Hall–Kier alpha value is -3.34. The molecule has 0 saturated heterocycles. The third kappa shape index (κ3) is 4.26. The molecule has 1 heterocycles. The van der Waals surface area contributed by atoms with Gasteiger partial charge >= 0.3 is 5.97 Å². The normalized spacial score (nSPS) is 11.7. The minimum absolute atomic E-state index is 0.301. The van der Waals surface area contributed by atoms with Crippen molar-refractivity contribution in [2.75, 3.05) is 5.32 Å². The van der Waals surface area contributed by atoms with E-state index in [1.807, 2.05) is 38.1 Å². The topological polar surface area (TPSA) is 68.5 Å². The van der Waals surface area contributed by atoms with Gasteiger partial charge < -0.3 is 14.5 Å². The fraction of sp³-hybridized carbons (Fsp3) is 0.182. The first-order valence-corrected chi connectivity index (χ1v) is 8.64. The van der Waals surface area contributed by atoms with Crippen molar-refractivity contribution >= 4 is 17.6 Å². The average molecular weight is 363 g/mol. The van der Waals surface area contributed by atoms with E-state index in [0.29, 0.717) is 22.6 Å². The monoisotopic (exact) mass is 363 g/mol. The first kappa shape index (κ1) is 18.5. The Bertz CT molecular complexity index is 959. The summed E-state index contributed by atoms with van der Waals surface area (Å²) in [5.41, 5.74) is 3.54. The molecule has 0 aliphatic rings. The predicted octanol–water partition coefficient (Wildman–Crippen LogP) is 4.74. The van der Waals surface area contributed by atoms with Crippen LogP contribution in [0.25, 0.3) is 0 Å².